The Labute approximate surface area is 143 Å². The zero-order valence-corrected chi connectivity index (χ0v) is 14.0. The lowest BCUT2D eigenvalue weighted by Crippen LogP contribution is -2.44. The maximum Gasteiger partial charge on any atom is 0.318 e. The first-order chi connectivity index (χ1) is 11.7. The normalized spacial score (nSPS) is 14.9. The Balaban J connectivity index is 1.84. The summed E-state index contributed by atoms with van der Waals surface area (Å²) in [6.45, 7) is 2.42. The highest BCUT2D eigenvalue weighted by Crippen LogP contribution is 2.28. The third kappa shape index (κ3) is 3.95. The number of amides is 2. The quantitative estimate of drug-likeness (QED) is 0.857. The van der Waals surface area contributed by atoms with Gasteiger partial charge in [-0.05, 0) is 30.9 Å². The molecule has 2 aromatic rings. The zero-order valence-electron chi connectivity index (χ0n) is 14.0. The fraction of sp³-hybridized carbons (Fsp3) is 0.350. The third-order valence-corrected chi connectivity index (χ3v) is 4.40. The largest absolute Gasteiger partial charge is 0.395 e. The second-order valence-electron chi connectivity index (χ2n) is 6.35. The van der Waals surface area contributed by atoms with Gasteiger partial charge in [0.05, 0.1) is 12.6 Å². The number of hydrogen-bond donors (Lipinski definition) is 2. The molecule has 0 bridgehead atoms. The van der Waals surface area contributed by atoms with Crippen LogP contribution in [0.15, 0.2) is 54.6 Å². The molecule has 0 heterocycles. The molecule has 2 aromatic carbocycles. The average Bonchev–Trinajstić information content (AvgIpc) is 3.44. The van der Waals surface area contributed by atoms with Crippen LogP contribution in [0.5, 0.6) is 0 Å². The summed E-state index contributed by atoms with van der Waals surface area (Å²) >= 11 is 0. The zero-order chi connectivity index (χ0) is 16.9. The van der Waals surface area contributed by atoms with E-state index in [2.05, 4.69) is 36.5 Å². The Kier molecular flexibility index (Phi) is 5.16. The number of hydrogen-bond acceptors (Lipinski definition) is 2. The van der Waals surface area contributed by atoms with Gasteiger partial charge in [0.25, 0.3) is 0 Å². The Morgan fingerprint density at radius 1 is 1.12 bits per heavy atom. The summed E-state index contributed by atoms with van der Waals surface area (Å²) in [5.41, 5.74) is 3.30. The third-order valence-electron chi connectivity index (χ3n) is 4.40. The molecule has 3 rings (SSSR count). The van der Waals surface area contributed by atoms with Gasteiger partial charge in [0.2, 0.25) is 0 Å². The SMILES string of the molecule is Cc1ccc(C(NC(=O)N(CCO)C2CC2)c2ccccc2)cc1. The average molecular weight is 324 g/mol. The number of carbonyl (C=O) groups excluding carboxylic acids is 1. The van der Waals surface area contributed by atoms with Crippen LogP contribution in [0.2, 0.25) is 0 Å². The predicted octanol–water partition coefficient (Wildman–Crippen LogP) is 3.25. The van der Waals surface area contributed by atoms with Crippen molar-refractivity contribution in [2.24, 2.45) is 0 Å². The van der Waals surface area contributed by atoms with E-state index in [1.54, 1.807) is 4.90 Å². The molecule has 0 aromatic heterocycles. The molecular formula is C20H24N2O2. The number of urea groups is 1. The summed E-state index contributed by atoms with van der Waals surface area (Å²) in [5.74, 6) is 0. The van der Waals surface area contributed by atoms with Crippen LogP contribution in [0.1, 0.15) is 35.6 Å². The molecule has 1 aliphatic rings. The van der Waals surface area contributed by atoms with Gasteiger partial charge in [0, 0.05) is 12.6 Å². The summed E-state index contributed by atoms with van der Waals surface area (Å²) in [7, 11) is 0. The van der Waals surface area contributed by atoms with Crippen LogP contribution in [0.4, 0.5) is 4.79 Å². The molecule has 2 amide bonds. The molecule has 4 heteroatoms. The molecular weight excluding hydrogens is 300 g/mol. The number of aliphatic hydroxyl groups excluding tert-OH is 1. The second kappa shape index (κ2) is 7.49. The molecule has 2 N–H and O–H groups in total. The highest BCUT2D eigenvalue weighted by atomic mass is 16.3. The van der Waals surface area contributed by atoms with E-state index in [4.69, 9.17) is 0 Å². The van der Waals surface area contributed by atoms with E-state index in [0.29, 0.717) is 6.54 Å². The minimum Gasteiger partial charge on any atom is -0.395 e. The Bertz CT molecular complexity index is 666. The fourth-order valence-electron chi connectivity index (χ4n) is 2.91. The van der Waals surface area contributed by atoms with Crippen LogP contribution in [0.3, 0.4) is 0 Å². The van der Waals surface area contributed by atoms with Gasteiger partial charge in [-0.15, -0.1) is 0 Å². The number of rotatable bonds is 6. The van der Waals surface area contributed by atoms with Crippen molar-refractivity contribution in [3.63, 3.8) is 0 Å². The lowest BCUT2D eigenvalue weighted by atomic mass is 9.98. The van der Waals surface area contributed by atoms with Crippen LogP contribution in [-0.2, 0) is 0 Å². The fourth-order valence-corrected chi connectivity index (χ4v) is 2.91. The smallest absolute Gasteiger partial charge is 0.318 e. The lowest BCUT2D eigenvalue weighted by Gasteiger charge is -2.26. The first kappa shape index (κ1) is 16.5. The number of nitrogens with one attached hydrogen (secondary N) is 1. The van der Waals surface area contributed by atoms with Gasteiger partial charge in [-0.25, -0.2) is 4.79 Å². The van der Waals surface area contributed by atoms with Crippen LogP contribution in [0, 0.1) is 6.92 Å². The van der Waals surface area contributed by atoms with Gasteiger partial charge in [0.1, 0.15) is 0 Å². The molecule has 1 unspecified atom stereocenters. The molecule has 24 heavy (non-hydrogen) atoms. The van der Waals surface area contributed by atoms with Gasteiger partial charge in [-0.3, -0.25) is 0 Å². The van der Waals surface area contributed by atoms with E-state index in [0.717, 1.165) is 24.0 Å². The van der Waals surface area contributed by atoms with Gasteiger partial charge in [-0.1, -0.05) is 60.2 Å². The van der Waals surface area contributed by atoms with Crippen LogP contribution >= 0.6 is 0 Å². The lowest BCUT2D eigenvalue weighted by molar-refractivity contribution is 0.172. The molecule has 0 radical (unpaired) electrons. The first-order valence-electron chi connectivity index (χ1n) is 8.48. The first-order valence-corrected chi connectivity index (χ1v) is 8.48. The van der Waals surface area contributed by atoms with E-state index in [1.165, 1.54) is 5.56 Å². The summed E-state index contributed by atoms with van der Waals surface area (Å²) < 4.78 is 0. The van der Waals surface area contributed by atoms with Crippen molar-refractivity contribution in [1.29, 1.82) is 0 Å². The van der Waals surface area contributed by atoms with Gasteiger partial charge < -0.3 is 15.3 Å². The predicted molar refractivity (Wildman–Crippen MR) is 94.8 cm³/mol. The molecule has 1 fully saturated rings. The van der Waals surface area contributed by atoms with Crippen molar-refractivity contribution in [3.05, 3.63) is 71.3 Å². The summed E-state index contributed by atoms with van der Waals surface area (Å²) in [4.78, 5) is 14.5. The summed E-state index contributed by atoms with van der Waals surface area (Å²) in [6, 6.07) is 18.2. The van der Waals surface area contributed by atoms with Gasteiger partial charge in [-0.2, -0.15) is 0 Å². The maximum atomic E-state index is 12.7. The number of benzene rings is 2. The van der Waals surface area contributed by atoms with E-state index in [9.17, 15) is 9.90 Å². The Hall–Kier alpha value is -2.33. The van der Waals surface area contributed by atoms with Crippen molar-refractivity contribution >= 4 is 6.03 Å². The highest BCUT2D eigenvalue weighted by molar-refractivity contribution is 5.76. The van der Waals surface area contributed by atoms with Crippen molar-refractivity contribution in [2.45, 2.75) is 31.8 Å². The Morgan fingerprint density at radius 3 is 2.33 bits per heavy atom. The number of aliphatic hydroxyl groups is 1. The second-order valence-corrected chi connectivity index (χ2v) is 6.35. The topological polar surface area (TPSA) is 52.6 Å². The van der Waals surface area contributed by atoms with Gasteiger partial charge >= 0.3 is 6.03 Å². The molecule has 4 nitrogen and oxygen atoms in total. The van der Waals surface area contributed by atoms with Crippen LogP contribution in [0.25, 0.3) is 0 Å². The molecule has 1 saturated carbocycles. The molecule has 126 valence electrons. The molecule has 1 aliphatic carbocycles. The van der Waals surface area contributed by atoms with Crippen molar-refractivity contribution in [2.75, 3.05) is 13.2 Å². The molecule has 0 saturated heterocycles. The van der Waals surface area contributed by atoms with E-state index >= 15 is 0 Å². The molecule has 0 aliphatic heterocycles. The van der Waals surface area contributed by atoms with E-state index in [1.807, 2.05) is 30.3 Å². The standard InChI is InChI=1S/C20H24N2O2/c1-15-7-9-17(10-8-15)19(16-5-3-2-4-6-16)21-20(24)22(13-14-23)18-11-12-18/h2-10,18-19,23H,11-14H2,1H3,(H,21,24). The monoisotopic (exact) mass is 324 g/mol. The Morgan fingerprint density at radius 2 is 1.75 bits per heavy atom. The van der Waals surface area contributed by atoms with Crippen LogP contribution < -0.4 is 5.32 Å². The van der Waals surface area contributed by atoms with E-state index in [-0.39, 0.29) is 24.7 Å². The summed E-state index contributed by atoms with van der Waals surface area (Å²) in [6.07, 6.45) is 2.04. The molecule has 0 spiro atoms. The number of nitrogens with zero attached hydrogens (tertiary/aromatic N) is 1. The van der Waals surface area contributed by atoms with Crippen molar-refractivity contribution in [1.82, 2.24) is 10.2 Å². The minimum absolute atomic E-state index is 0.00947. The van der Waals surface area contributed by atoms with Crippen molar-refractivity contribution < 1.29 is 9.90 Å². The minimum atomic E-state index is -0.195. The van der Waals surface area contributed by atoms with E-state index < -0.39 is 0 Å². The number of carbonyl (C=O) groups is 1. The maximum absolute atomic E-state index is 12.7. The highest BCUT2D eigenvalue weighted by Gasteiger charge is 2.33. The molecule has 1 atom stereocenters. The van der Waals surface area contributed by atoms with Crippen molar-refractivity contribution in [3.8, 4) is 0 Å². The number of aryl methyl sites for hydroxylation is 1. The van der Waals surface area contributed by atoms with Gasteiger partial charge in [0.15, 0.2) is 0 Å². The van der Waals surface area contributed by atoms with Crippen LogP contribution in [-0.4, -0.2) is 35.2 Å². The summed E-state index contributed by atoms with van der Waals surface area (Å²) in [5, 5.41) is 12.4.